The van der Waals surface area contributed by atoms with E-state index in [-0.39, 0.29) is 5.75 Å². The van der Waals surface area contributed by atoms with Crippen molar-refractivity contribution in [3.05, 3.63) is 59.7 Å². The minimum Gasteiger partial charge on any atom is -0.336 e. The zero-order valence-corrected chi connectivity index (χ0v) is 17.6. The lowest BCUT2D eigenvalue weighted by molar-refractivity contribution is -0.156. The van der Waals surface area contributed by atoms with Gasteiger partial charge in [-0.2, -0.15) is 13.2 Å². The van der Waals surface area contributed by atoms with Crippen LogP contribution in [0, 0.1) is 13.8 Å². The number of carbonyl (C=O) groups is 1. The Morgan fingerprint density at radius 3 is 2.40 bits per heavy atom. The summed E-state index contributed by atoms with van der Waals surface area (Å²) in [7, 11) is 1.14. The van der Waals surface area contributed by atoms with Crippen molar-refractivity contribution in [3.8, 4) is 17.1 Å². The van der Waals surface area contributed by atoms with Gasteiger partial charge in [0.25, 0.3) is 0 Å². The molecular weight excluding hydrogens is 413 g/mol. The maximum atomic E-state index is 12.5. The van der Waals surface area contributed by atoms with E-state index in [0.29, 0.717) is 15.9 Å². The highest BCUT2D eigenvalue weighted by Gasteiger charge is 2.31. The van der Waals surface area contributed by atoms with Crippen molar-refractivity contribution in [3.63, 3.8) is 0 Å². The third kappa shape index (κ3) is 5.41. The fourth-order valence-electron chi connectivity index (χ4n) is 2.85. The van der Waals surface area contributed by atoms with Crippen LogP contribution in [0.3, 0.4) is 0 Å². The van der Waals surface area contributed by atoms with Gasteiger partial charge in [0.2, 0.25) is 5.91 Å². The molecule has 1 amide bonds. The summed E-state index contributed by atoms with van der Waals surface area (Å²) in [6, 6.07) is 15.5. The Kier molecular flexibility index (Phi) is 6.50. The molecule has 0 fully saturated rings. The number of aryl methyl sites for hydroxylation is 2. The number of nitrogens with zero attached hydrogens (tertiary/aromatic N) is 4. The molecule has 2 aromatic carbocycles. The molecular formula is C21H21F3N4OS. The third-order valence-electron chi connectivity index (χ3n) is 4.37. The smallest absolute Gasteiger partial charge is 0.336 e. The molecule has 3 aromatic rings. The van der Waals surface area contributed by atoms with Gasteiger partial charge in [-0.15, -0.1) is 10.2 Å². The summed E-state index contributed by atoms with van der Waals surface area (Å²) in [6.45, 7) is 2.66. The SMILES string of the molecule is Cc1ccc(-n2c(SCC(=O)N(C)CC(F)(F)F)nnc2-c2cccc(C)c2)cc1. The molecule has 0 radical (unpaired) electrons. The van der Waals surface area contributed by atoms with Gasteiger partial charge in [-0.05, 0) is 32.0 Å². The molecule has 0 saturated carbocycles. The van der Waals surface area contributed by atoms with E-state index in [1.165, 1.54) is 0 Å². The first-order valence-corrected chi connectivity index (χ1v) is 10.2. The van der Waals surface area contributed by atoms with Crippen molar-refractivity contribution in [2.75, 3.05) is 19.3 Å². The highest BCUT2D eigenvalue weighted by Crippen LogP contribution is 2.29. The lowest BCUT2D eigenvalue weighted by Crippen LogP contribution is -2.36. The molecule has 0 bridgehead atoms. The number of benzene rings is 2. The molecule has 1 heterocycles. The second kappa shape index (κ2) is 8.91. The van der Waals surface area contributed by atoms with Crippen LogP contribution < -0.4 is 0 Å². The van der Waals surface area contributed by atoms with Gasteiger partial charge < -0.3 is 4.90 Å². The quantitative estimate of drug-likeness (QED) is 0.530. The number of carbonyl (C=O) groups excluding carboxylic acids is 1. The highest BCUT2D eigenvalue weighted by molar-refractivity contribution is 7.99. The van der Waals surface area contributed by atoms with Crippen LogP contribution in [0.2, 0.25) is 0 Å². The lowest BCUT2D eigenvalue weighted by Gasteiger charge is -2.18. The number of hydrogen-bond donors (Lipinski definition) is 0. The van der Waals surface area contributed by atoms with E-state index in [0.717, 1.165) is 41.2 Å². The maximum Gasteiger partial charge on any atom is 0.406 e. The average Bonchev–Trinajstić information content (AvgIpc) is 3.09. The van der Waals surface area contributed by atoms with Gasteiger partial charge in [-0.1, -0.05) is 53.2 Å². The van der Waals surface area contributed by atoms with Crippen molar-refractivity contribution in [2.24, 2.45) is 0 Å². The minimum absolute atomic E-state index is 0.176. The fraction of sp³-hybridized carbons (Fsp3) is 0.286. The van der Waals surface area contributed by atoms with Gasteiger partial charge >= 0.3 is 6.18 Å². The summed E-state index contributed by atoms with van der Waals surface area (Å²) >= 11 is 1.06. The van der Waals surface area contributed by atoms with Crippen molar-refractivity contribution >= 4 is 17.7 Å². The summed E-state index contributed by atoms with van der Waals surface area (Å²) < 4.78 is 39.4. The normalized spacial score (nSPS) is 11.5. The van der Waals surface area contributed by atoms with Crippen molar-refractivity contribution in [1.29, 1.82) is 0 Å². The van der Waals surface area contributed by atoms with Crippen LogP contribution in [-0.2, 0) is 4.79 Å². The number of alkyl halides is 3. The topological polar surface area (TPSA) is 51.0 Å². The van der Waals surface area contributed by atoms with E-state index < -0.39 is 18.6 Å². The Hall–Kier alpha value is -2.81. The van der Waals surface area contributed by atoms with Crippen LogP contribution in [0.25, 0.3) is 17.1 Å². The van der Waals surface area contributed by atoms with E-state index in [1.54, 1.807) is 0 Å². The summed E-state index contributed by atoms with van der Waals surface area (Å²) in [5.41, 5.74) is 3.81. The third-order valence-corrected chi connectivity index (χ3v) is 5.28. The zero-order chi connectivity index (χ0) is 21.9. The zero-order valence-electron chi connectivity index (χ0n) is 16.8. The van der Waals surface area contributed by atoms with Crippen LogP contribution >= 0.6 is 11.8 Å². The Morgan fingerprint density at radius 2 is 1.77 bits per heavy atom. The van der Waals surface area contributed by atoms with Crippen molar-refractivity contribution in [1.82, 2.24) is 19.7 Å². The molecule has 0 N–H and O–H groups in total. The van der Waals surface area contributed by atoms with E-state index in [1.807, 2.05) is 66.9 Å². The van der Waals surface area contributed by atoms with Crippen LogP contribution in [0.15, 0.2) is 53.7 Å². The molecule has 3 rings (SSSR count). The number of thioether (sulfide) groups is 1. The number of aromatic nitrogens is 3. The molecule has 5 nitrogen and oxygen atoms in total. The second-order valence-electron chi connectivity index (χ2n) is 7.00. The Balaban J connectivity index is 1.91. The first-order valence-electron chi connectivity index (χ1n) is 9.17. The van der Waals surface area contributed by atoms with Crippen LogP contribution in [0.4, 0.5) is 13.2 Å². The fourth-order valence-corrected chi connectivity index (χ4v) is 3.75. The highest BCUT2D eigenvalue weighted by atomic mass is 32.2. The second-order valence-corrected chi connectivity index (χ2v) is 7.94. The largest absolute Gasteiger partial charge is 0.406 e. The number of halogens is 3. The Morgan fingerprint density at radius 1 is 1.07 bits per heavy atom. The minimum atomic E-state index is -4.44. The van der Waals surface area contributed by atoms with E-state index >= 15 is 0 Å². The summed E-state index contributed by atoms with van der Waals surface area (Å²) in [4.78, 5) is 12.8. The lowest BCUT2D eigenvalue weighted by atomic mass is 10.1. The predicted molar refractivity (Wildman–Crippen MR) is 111 cm³/mol. The van der Waals surface area contributed by atoms with E-state index in [2.05, 4.69) is 10.2 Å². The average molecular weight is 434 g/mol. The molecule has 158 valence electrons. The van der Waals surface area contributed by atoms with Gasteiger partial charge in [0.05, 0.1) is 5.75 Å². The molecule has 0 spiro atoms. The van der Waals surface area contributed by atoms with Gasteiger partial charge in [-0.3, -0.25) is 9.36 Å². The van der Waals surface area contributed by atoms with Gasteiger partial charge in [0.1, 0.15) is 6.54 Å². The molecule has 0 aliphatic heterocycles. The van der Waals surface area contributed by atoms with Crippen molar-refractivity contribution in [2.45, 2.75) is 25.2 Å². The summed E-state index contributed by atoms with van der Waals surface area (Å²) in [5, 5.41) is 8.94. The van der Waals surface area contributed by atoms with Crippen LogP contribution in [0.5, 0.6) is 0 Å². The number of amides is 1. The van der Waals surface area contributed by atoms with E-state index in [4.69, 9.17) is 0 Å². The molecule has 9 heteroatoms. The van der Waals surface area contributed by atoms with E-state index in [9.17, 15) is 18.0 Å². The maximum absolute atomic E-state index is 12.5. The van der Waals surface area contributed by atoms with Gasteiger partial charge in [0.15, 0.2) is 11.0 Å². The molecule has 1 aromatic heterocycles. The Bertz CT molecular complexity index is 1030. The van der Waals surface area contributed by atoms with Gasteiger partial charge in [0, 0.05) is 18.3 Å². The first kappa shape index (κ1) is 21.9. The summed E-state index contributed by atoms with van der Waals surface area (Å²) in [6.07, 6.45) is -4.44. The molecule has 0 aliphatic carbocycles. The molecule has 0 atom stereocenters. The molecule has 0 unspecified atom stereocenters. The first-order chi connectivity index (χ1) is 14.1. The van der Waals surface area contributed by atoms with Crippen molar-refractivity contribution < 1.29 is 18.0 Å². The predicted octanol–water partition coefficient (Wildman–Crippen LogP) is 4.66. The summed E-state index contributed by atoms with van der Waals surface area (Å²) in [5.74, 6) is -0.209. The Labute approximate surface area is 176 Å². The monoisotopic (exact) mass is 434 g/mol. The number of rotatable bonds is 6. The standard InChI is InChI=1S/C21H21F3N4OS/c1-14-7-9-17(10-8-14)28-19(16-6-4-5-15(2)11-16)25-26-20(28)30-12-18(29)27(3)13-21(22,23)24/h4-11H,12-13H2,1-3H3. The van der Waals surface area contributed by atoms with Crippen LogP contribution in [-0.4, -0.2) is 51.1 Å². The molecule has 0 saturated heterocycles. The molecule has 0 aliphatic rings. The van der Waals surface area contributed by atoms with Gasteiger partial charge in [-0.25, -0.2) is 0 Å². The molecule has 30 heavy (non-hydrogen) atoms. The van der Waals surface area contributed by atoms with Crippen LogP contribution in [0.1, 0.15) is 11.1 Å². The number of hydrogen-bond acceptors (Lipinski definition) is 4.